The van der Waals surface area contributed by atoms with Crippen molar-refractivity contribution < 1.29 is 13.9 Å². The lowest BCUT2D eigenvalue weighted by Crippen LogP contribution is -2.38. The summed E-state index contributed by atoms with van der Waals surface area (Å²) < 4.78 is 23.8. The largest absolute Gasteiger partial charge is 0.497 e. The van der Waals surface area contributed by atoms with Gasteiger partial charge in [0.1, 0.15) is 17.7 Å². The third-order valence-corrected chi connectivity index (χ3v) is 4.15. The van der Waals surface area contributed by atoms with Gasteiger partial charge in [-0.2, -0.15) is 0 Å². The molecule has 27 heavy (non-hydrogen) atoms. The molecule has 0 aliphatic carbocycles. The normalized spacial score (nSPS) is 12.5. The van der Waals surface area contributed by atoms with Crippen LogP contribution in [0.25, 0.3) is 0 Å². The van der Waals surface area contributed by atoms with E-state index in [4.69, 9.17) is 9.47 Å². The fourth-order valence-corrected chi connectivity index (χ4v) is 2.63. The third kappa shape index (κ3) is 6.90. The molecule has 0 radical (unpaired) electrons. The van der Waals surface area contributed by atoms with Crippen LogP contribution in [0.1, 0.15) is 24.2 Å². The highest BCUT2D eigenvalue weighted by Crippen LogP contribution is 2.17. The zero-order valence-corrected chi connectivity index (χ0v) is 16.2. The van der Waals surface area contributed by atoms with Crippen LogP contribution >= 0.6 is 0 Å². The Morgan fingerprint density at radius 3 is 2.33 bits per heavy atom. The molecule has 0 heterocycles. The number of nitrogens with zero attached hydrogens (tertiary/aromatic N) is 1. The molecule has 0 spiro atoms. The first-order chi connectivity index (χ1) is 13.2. The summed E-state index contributed by atoms with van der Waals surface area (Å²) in [4.78, 5) is 4.60. The minimum Gasteiger partial charge on any atom is -0.497 e. The predicted octanol–water partition coefficient (Wildman–Crippen LogP) is 3.32. The molecule has 2 N–H and O–H groups in total. The molecule has 0 saturated heterocycles. The second-order valence-electron chi connectivity index (χ2n) is 6.02. The van der Waals surface area contributed by atoms with Gasteiger partial charge >= 0.3 is 0 Å². The van der Waals surface area contributed by atoms with Gasteiger partial charge in [-0.15, -0.1) is 0 Å². The maximum Gasteiger partial charge on any atom is 0.191 e. The Kier molecular flexibility index (Phi) is 8.58. The van der Waals surface area contributed by atoms with E-state index < -0.39 is 0 Å². The van der Waals surface area contributed by atoms with E-state index in [1.54, 1.807) is 26.4 Å². The summed E-state index contributed by atoms with van der Waals surface area (Å²) in [5.41, 5.74) is 2.12. The molecule has 0 bridgehead atoms. The lowest BCUT2D eigenvalue weighted by atomic mass is 10.1. The van der Waals surface area contributed by atoms with Gasteiger partial charge in [0.2, 0.25) is 0 Å². The van der Waals surface area contributed by atoms with Gasteiger partial charge in [-0.05, 0) is 48.7 Å². The van der Waals surface area contributed by atoms with Crippen molar-refractivity contribution in [2.75, 3.05) is 33.9 Å². The molecular weight excluding hydrogens is 345 g/mol. The number of nitrogens with one attached hydrogen (secondary N) is 2. The van der Waals surface area contributed by atoms with Gasteiger partial charge < -0.3 is 20.1 Å². The van der Waals surface area contributed by atoms with Gasteiger partial charge in [0, 0.05) is 20.2 Å². The van der Waals surface area contributed by atoms with Crippen molar-refractivity contribution in [3.05, 3.63) is 65.5 Å². The second kappa shape index (κ2) is 11.2. The van der Waals surface area contributed by atoms with E-state index in [9.17, 15) is 4.39 Å². The summed E-state index contributed by atoms with van der Waals surface area (Å²) in [5, 5.41) is 6.56. The van der Waals surface area contributed by atoms with Gasteiger partial charge in [0.05, 0.1) is 13.7 Å². The van der Waals surface area contributed by atoms with E-state index >= 15 is 0 Å². The highest BCUT2D eigenvalue weighted by Gasteiger charge is 2.10. The SMILES string of the molecule is CCNC(=NCC(OC)c1ccc(F)cc1)NCCc1ccc(OC)cc1. The minimum atomic E-state index is -0.259. The Balaban J connectivity index is 1.90. The first-order valence-electron chi connectivity index (χ1n) is 9.09. The monoisotopic (exact) mass is 373 g/mol. The van der Waals surface area contributed by atoms with E-state index in [0.717, 1.165) is 36.8 Å². The number of hydrogen-bond donors (Lipinski definition) is 2. The molecule has 6 heteroatoms. The van der Waals surface area contributed by atoms with Crippen molar-refractivity contribution in [2.24, 2.45) is 4.99 Å². The number of aliphatic imine (C=N–C) groups is 1. The molecule has 5 nitrogen and oxygen atoms in total. The Morgan fingerprint density at radius 1 is 1.04 bits per heavy atom. The molecule has 1 atom stereocenters. The van der Waals surface area contributed by atoms with Crippen molar-refractivity contribution in [3.8, 4) is 5.75 Å². The molecule has 2 aromatic rings. The lowest BCUT2D eigenvalue weighted by molar-refractivity contribution is 0.111. The fourth-order valence-electron chi connectivity index (χ4n) is 2.63. The number of methoxy groups -OCH3 is 2. The number of halogens is 1. The number of guanidine groups is 1. The highest BCUT2D eigenvalue weighted by molar-refractivity contribution is 5.79. The summed E-state index contributed by atoms with van der Waals surface area (Å²) >= 11 is 0. The first kappa shape index (κ1) is 20.7. The Morgan fingerprint density at radius 2 is 1.74 bits per heavy atom. The van der Waals surface area contributed by atoms with Crippen LogP contribution in [0.4, 0.5) is 4.39 Å². The van der Waals surface area contributed by atoms with E-state index in [1.165, 1.54) is 17.7 Å². The molecule has 0 saturated carbocycles. The molecule has 2 aromatic carbocycles. The van der Waals surface area contributed by atoms with Crippen LogP contribution in [-0.4, -0.2) is 39.8 Å². The van der Waals surface area contributed by atoms with E-state index in [2.05, 4.69) is 27.8 Å². The maximum atomic E-state index is 13.1. The van der Waals surface area contributed by atoms with Crippen LogP contribution in [0.3, 0.4) is 0 Å². The highest BCUT2D eigenvalue weighted by atomic mass is 19.1. The average molecular weight is 373 g/mol. The summed E-state index contributed by atoms with van der Waals surface area (Å²) in [7, 11) is 3.29. The molecule has 0 fully saturated rings. The Hall–Kier alpha value is -2.60. The fraction of sp³-hybridized carbons (Fsp3) is 0.381. The summed E-state index contributed by atoms with van der Waals surface area (Å²) in [5.74, 6) is 1.33. The van der Waals surface area contributed by atoms with Crippen molar-refractivity contribution in [1.29, 1.82) is 0 Å². The maximum absolute atomic E-state index is 13.1. The van der Waals surface area contributed by atoms with Crippen molar-refractivity contribution in [3.63, 3.8) is 0 Å². The molecule has 0 aliphatic heterocycles. The standard InChI is InChI=1S/C21H28FN3O2/c1-4-23-21(24-14-13-16-5-11-19(26-2)12-6-16)25-15-20(27-3)17-7-9-18(22)10-8-17/h5-12,20H,4,13-15H2,1-3H3,(H2,23,24,25). The third-order valence-electron chi connectivity index (χ3n) is 4.15. The smallest absolute Gasteiger partial charge is 0.191 e. The molecular formula is C21H28FN3O2. The van der Waals surface area contributed by atoms with Gasteiger partial charge in [-0.1, -0.05) is 24.3 Å². The van der Waals surface area contributed by atoms with Crippen molar-refractivity contribution in [2.45, 2.75) is 19.4 Å². The van der Waals surface area contributed by atoms with Crippen molar-refractivity contribution >= 4 is 5.96 Å². The van der Waals surface area contributed by atoms with Crippen LogP contribution in [0.2, 0.25) is 0 Å². The summed E-state index contributed by atoms with van der Waals surface area (Å²) in [6, 6.07) is 14.3. The molecule has 1 unspecified atom stereocenters. The van der Waals surface area contributed by atoms with E-state index in [1.807, 2.05) is 19.1 Å². The average Bonchev–Trinajstić information content (AvgIpc) is 2.70. The van der Waals surface area contributed by atoms with Crippen LogP contribution in [-0.2, 0) is 11.2 Å². The summed E-state index contributed by atoms with van der Waals surface area (Å²) in [6.07, 6.45) is 0.655. The van der Waals surface area contributed by atoms with Gasteiger partial charge in [-0.3, -0.25) is 4.99 Å². The minimum absolute atomic E-state index is 0.220. The van der Waals surface area contributed by atoms with Gasteiger partial charge in [-0.25, -0.2) is 4.39 Å². The number of rotatable bonds is 9. The van der Waals surface area contributed by atoms with Crippen molar-refractivity contribution in [1.82, 2.24) is 10.6 Å². The second-order valence-corrected chi connectivity index (χ2v) is 6.02. The topological polar surface area (TPSA) is 54.9 Å². The first-order valence-corrected chi connectivity index (χ1v) is 9.09. The number of ether oxygens (including phenoxy) is 2. The number of benzene rings is 2. The molecule has 0 aromatic heterocycles. The van der Waals surface area contributed by atoms with E-state index in [-0.39, 0.29) is 11.9 Å². The van der Waals surface area contributed by atoms with Crippen LogP contribution in [0.5, 0.6) is 5.75 Å². The molecule has 0 amide bonds. The lowest BCUT2D eigenvalue weighted by Gasteiger charge is -2.16. The number of hydrogen-bond acceptors (Lipinski definition) is 3. The van der Waals surface area contributed by atoms with Gasteiger partial charge in [0.25, 0.3) is 0 Å². The predicted molar refractivity (Wildman–Crippen MR) is 107 cm³/mol. The zero-order valence-electron chi connectivity index (χ0n) is 16.2. The Bertz CT molecular complexity index is 702. The van der Waals surface area contributed by atoms with E-state index in [0.29, 0.717) is 6.54 Å². The van der Waals surface area contributed by atoms with Crippen LogP contribution in [0.15, 0.2) is 53.5 Å². The van der Waals surface area contributed by atoms with Crippen LogP contribution in [0, 0.1) is 5.82 Å². The molecule has 146 valence electrons. The van der Waals surface area contributed by atoms with Crippen LogP contribution < -0.4 is 15.4 Å². The van der Waals surface area contributed by atoms with Gasteiger partial charge in [0.15, 0.2) is 5.96 Å². The molecule has 2 rings (SSSR count). The zero-order chi connectivity index (χ0) is 19.5. The quantitative estimate of drug-likeness (QED) is 0.523. The molecule has 0 aliphatic rings. The Labute approximate surface area is 160 Å². The summed E-state index contributed by atoms with van der Waals surface area (Å²) in [6.45, 7) is 3.99.